The molecule has 4 rings (SSSR count). The summed E-state index contributed by atoms with van der Waals surface area (Å²) in [6.45, 7) is 0.509. The fraction of sp³-hybridized carbons (Fsp3) is 0.259. The van der Waals surface area contributed by atoms with Crippen molar-refractivity contribution in [1.29, 1.82) is 0 Å². The molecule has 9 heteroatoms. The van der Waals surface area contributed by atoms with E-state index in [1.807, 2.05) is 0 Å². The van der Waals surface area contributed by atoms with Gasteiger partial charge in [-0.15, -0.1) is 0 Å². The van der Waals surface area contributed by atoms with Gasteiger partial charge in [0.05, 0.1) is 43.5 Å². The van der Waals surface area contributed by atoms with E-state index >= 15 is 0 Å². The van der Waals surface area contributed by atoms with Crippen molar-refractivity contribution in [3.8, 4) is 11.5 Å². The maximum Gasteiger partial charge on any atom is 0.254 e. The molecule has 1 N–H and O–H groups in total. The number of methoxy groups -OCH3 is 3. The van der Waals surface area contributed by atoms with E-state index in [1.54, 1.807) is 60.5 Å². The molecule has 0 aromatic heterocycles. The molecule has 0 bridgehead atoms. The molecule has 0 spiro atoms. The lowest BCUT2D eigenvalue weighted by molar-refractivity contribution is -0.119. The van der Waals surface area contributed by atoms with Crippen molar-refractivity contribution >= 4 is 29.1 Å². The molecule has 1 aliphatic rings. The number of nitrogens with one attached hydrogen (secondary N) is 1. The predicted octanol–water partition coefficient (Wildman–Crippen LogP) is 5.06. The van der Waals surface area contributed by atoms with E-state index in [1.165, 1.54) is 26.4 Å². The average molecular weight is 513 g/mol. The SMILES string of the molecule is COCCN1C(=O)c2ccccc2[C@H](C(=O)Nc2cc(Cl)c(OC)cc2OC)[C@H]1c1ccc(F)cc1. The third kappa shape index (κ3) is 4.87. The Kier molecular flexibility index (Phi) is 7.76. The molecule has 0 saturated heterocycles. The van der Waals surface area contributed by atoms with Gasteiger partial charge < -0.3 is 24.4 Å². The number of carbonyl (C=O) groups is 2. The van der Waals surface area contributed by atoms with Crippen LogP contribution in [-0.2, 0) is 9.53 Å². The number of fused-ring (bicyclic) bond motifs is 1. The Morgan fingerprint density at radius 1 is 1.03 bits per heavy atom. The quantitative estimate of drug-likeness (QED) is 0.456. The molecule has 2 atom stereocenters. The topological polar surface area (TPSA) is 77.1 Å². The zero-order valence-electron chi connectivity index (χ0n) is 20.1. The molecule has 0 fully saturated rings. The van der Waals surface area contributed by atoms with Gasteiger partial charge in [0.2, 0.25) is 5.91 Å². The number of carbonyl (C=O) groups excluding carboxylic acids is 2. The Bertz CT molecular complexity index is 1270. The number of ether oxygens (including phenoxy) is 3. The van der Waals surface area contributed by atoms with E-state index in [4.69, 9.17) is 25.8 Å². The maximum absolute atomic E-state index is 14.0. The van der Waals surface area contributed by atoms with Crippen LogP contribution in [0.2, 0.25) is 5.02 Å². The fourth-order valence-corrected chi connectivity index (χ4v) is 4.75. The Hall–Kier alpha value is -3.62. The van der Waals surface area contributed by atoms with Crippen molar-refractivity contribution in [2.75, 3.05) is 39.8 Å². The lowest BCUT2D eigenvalue weighted by atomic mass is 9.79. The maximum atomic E-state index is 14.0. The normalized spacial score (nSPS) is 16.9. The number of amides is 2. The molecule has 2 amide bonds. The second kappa shape index (κ2) is 11.0. The van der Waals surface area contributed by atoms with Crippen LogP contribution in [0.25, 0.3) is 0 Å². The number of hydrogen-bond donors (Lipinski definition) is 1. The van der Waals surface area contributed by atoms with Crippen molar-refractivity contribution < 1.29 is 28.2 Å². The Morgan fingerprint density at radius 3 is 2.39 bits per heavy atom. The minimum Gasteiger partial charge on any atom is -0.495 e. The first-order valence-corrected chi connectivity index (χ1v) is 11.6. The van der Waals surface area contributed by atoms with E-state index in [2.05, 4.69) is 5.32 Å². The summed E-state index contributed by atoms with van der Waals surface area (Å²) in [7, 11) is 4.50. The van der Waals surface area contributed by atoms with Crippen LogP contribution in [0.15, 0.2) is 60.7 Å². The molecule has 0 aliphatic carbocycles. The summed E-state index contributed by atoms with van der Waals surface area (Å²) in [5.41, 5.74) is 1.97. The Labute approximate surface area is 213 Å². The molecule has 1 aliphatic heterocycles. The molecule has 36 heavy (non-hydrogen) atoms. The lowest BCUT2D eigenvalue weighted by Crippen LogP contribution is -2.47. The average Bonchev–Trinajstić information content (AvgIpc) is 2.88. The van der Waals surface area contributed by atoms with Crippen molar-refractivity contribution in [3.63, 3.8) is 0 Å². The van der Waals surface area contributed by atoms with Crippen molar-refractivity contribution in [1.82, 2.24) is 4.90 Å². The Balaban J connectivity index is 1.83. The first kappa shape index (κ1) is 25.5. The van der Waals surface area contributed by atoms with Crippen LogP contribution in [0.1, 0.15) is 33.4 Å². The summed E-state index contributed by atoms with van der Waals surface area (Å²) < 4.78 is 29.7. The lowest BCUT2D eigenvalue weighted by Gasteiger charge is -2.41. The van der Waals surface area contributed by atoms with Crippen LogP contribution >= 0.6 is 11.6 Å². The number of benzene rings is 3. The molecule has 0 unspecified atom stereocenters. The van der Waals surface area contributed by atoms with Crippen LogP contribution in [0.5, 0.6) is 11.5 Å². The van der Waals surface area contributed by atoms with Crippen LogP contribution in [0.3, 0.4) is 0 Å². The van der Waals surface area contributed by atoms with Gasteiger partial charge in [0.1, 0.15) is 17.3 Å². The summed E-state index contributed by atoms with van der Waals surface area (Å²) in [5.74, 6) is -1.08. The van der Waals surface area contributed by atoms with Gasteiger partial charge in [0.25, 0.3) is 5.91 Å². The second-order valence-electron chi connectivity index (χ2n) is 8.23. The number of anilines is 1. The van der Waals surface area contributed by atoms with Gasteiger partial charge in [-0.3, -0.25) is 9.59 Å². The van der Waals surface area contributed by atoms with Gasteiger partial charge in [0.15, 0.2) is 0 Å². The Morgan fingerprint density at radius 2 is 1.72 bits per heavy atom. The van der Waals surface area contributed by atoms with E-state index in [-0.39, 0.29) is 25.0 Å². The number of rotatable bonds is 8. The van der Waals surface area contributed by atoms with E-state index in [0.717, 1.165) is 0 Å². The van der Waals surface area contributed by atoms with Crippen molar-refractivity contribution in [2.45, 2.75) is 12.0 Å². The minimum absolute atomic E-state index is 0.230. The van der Waals surface area contributed by atoms with Crippen LogP contribution < -0.4 is 14.8 Å². The highest BCUT2D eigenvalue weighted by Crippen LogP contribution is 2.44. The molecule has 3 aromatic carbocycles. The summed E-state index contributed by atoms with van der Waals surface area (Å²) in [5, 5.41) is 3.22. The molecule has 1 heterocycles. The van der Waals surface area contributed by atoms with Crippen LogP contribution in [0, 0.1) is 5.82 Å². The zero-order valence-corrected chi connectivity index (χ0v) is 20.8. The number of nitrogens with zero attached hydrogens (tertiary/aromatic N) is 1. The molecule has 7 nitrogen and oxygen atoms in total. The number of hydrogen-bond acceptors (Lipinski definition) is 5. The standard InChI is InChI=1S/C27H26ClFN2O5/c1-34-13-12-31-25(16-8-10-17(29)11-9-16)24(18-6-4-5-7-19(18)27(31)33)26(32)30-21-14-20(28)22(35-2)15-23(21)36-3/h4-11,14-15,24-25H,12-13H2,1-3H3,(H,30,32)/t24-,25+/m0/s1. The first-order chi connectivity index (χ1) is 17.4. The second-order valence-corrected chi connectivity index (χ2v) is 8.64. The van der Waals surface area contributed by atoms with Gasteiger partial charge in [-0.2, -0.15) is 0 Å². The van der Waals surface area contributed by atoms with Gasteiger partial charge in [-0.25, -0.2) is 4.39 Å². The first-order valence-electron chi connectivity index (χ1n) is 11.3. The monoisotopic (exact) mass is 512 g/mol. The summed E-state index contributed by atoms with van der Waals surface area (Å²) in [6, 6.07) is 15.2. The van der Waals surface area contributed by atoms with Gasteiger partial charge in [-0.05, 0) is 35.4 Å². The van der Waals surface area contributed by atoms with E-state index in [9.17, 15) is 14.0 Å². The van der Waals surface area contributed by atoms with Crippen LogP contribution in [0.4, 0.5) is 10.1 Å². The minimum atomic E-state index is -0.813. The van der Waals surface area contributed by atoms with Gasteiger partial charge in [0, 0.05) is 25.3 Å². The third-order valence-corrected chi connectivity index (χ3v) is 6.50. The molecular weight excluding hydrogens is 487 g/mol. The molecular formula is C27H26ClFN2O5. The van der Waals surface area contributed by atoms with E-state index < -0.39 is 17.8 Å². The largest absolute Gasteiger partial charge is 0.495 e. The van der Waals surface area contributed by atoms with Crippen LogP contribution in [-0.4, -0.2) is 51.2 Å². The smallest absolute Gasteiger partial charge is 0.254 e. The number of halogens is 2. The van der Waals surface area contributed by atoms with Gasteiger partial charge >= 0.3 is 0 Å². The highest BCUT2D eigenvalue weighted by Gasteiger charge is 2.44. The summed E-state index contributed by atoms with van der Waals surface area (Å²) in [4.78, 5) is 29.1. The fourth-order valence-electron chi connectivity index (χ4n) is 4.51. The third-order valence-electron chi connectivity index (χ3n) is 6.20. The molecule has 3 aromatic rings. The van der Waals surface area contributed by atoms with Gasteiger partial charge in [-0.1, -0.05) is 41.9 Å². The predicted molar refractivity (Wildman–Crippen MR) is 134 cm³/mol. The highest BCUT2D eigenvalue weighted by molar-refractivity contribution is 6.32. The van der Waals surface area contributed by atoms with E-state index in [0.29, 0.717) is 38.9 Å². The molecule has 188 valence electrons. The molecule has 0 radical (unpaired) electrons. The summed E-state index contributed by atoms with van der Waals surface area (Å²) in [6.07, 6.45) is 0. The summed E-state index contributed by atoms with van der Waals surface area (Å²) >= 11 is 6.31. The molecule has 0 saturated carbocycles. The highest BCUT2D eigenvalue weighted by atomic mass is 35.5. The van der Waals surface area contributed by atoms with Crippen molar-refractivity contribution in [3.05, 3.63) is 88.2 Å². The zero-order chi connectivity index (χ0) is 25.8. The van der Waals surface area contributed by atoms with Crippen molar-refractivity contribution in [2.24, 2.45) is 0 Å².